The van der Waals surface area contributed by atoms with Gasteiger partial charge < -0.3 is 10.1 Å². The van der Waals surface area contributed by atoms with Crippen molar-refractivity contribution in [2.24, 2.45) is 5.92 Å². The Morgan fingerprint density at radius 2 is 2.22 bits per heavy atom. The second-order valence-electron chi connectivity index (χ2n) is 5.82. The molecule has 1 aliphatic carbocycles. The van der Waals surface area contributed by atoms with Crippen molar-refractivity contribution in [3.05, 3.63) is 35.4 Å². The van der Waals surface area contributed by atoms with Gasteiger partial charge in [0.15, 0.2) is 5.78 Å². The second kappa shape index (κ2) is 5.96. The topological polar surface area (TPSA) is 75.7 Å². The summed E-state index contributed by atoms with van der Waals surface area (Å²) in [5.74, 6) is -0.654. The number of benzene rings is 1. The molecule has 6 heteroatoms. The van der Waals surface area contributed by atoms with Crippen LogP contribution in [0.3, 0.4) is 0 Å². The predicted octanol–water partition coefficient (Wildman–Crippen LogP) is 1.33. The highest BCUT2D eigenvalue weighted by molar-refractivity contribution is 6.10. The molecule has 0 radical (unpaired) electrons. The number of anilines is 1. The summed E-state index contributed by atoms with van der Waals surface area (Å²) in [7, 11) is 3.27. The number of carbonyl (C=O) groups excluding carboxylic acids is 3. The maximum Gasteiger partial charge on any atom is 0.313 e. The zero-order chi connectivity index (χ0) is 16.6. The normalized spacial score (nSPS) is 23.4. The van der Waals surface area contributed by atoms with Gasteiger partial charge in [0.25, 0.3) is 0 Å². The SMILES string of the molecule is COC(=O)C1C=C2c3cccc(NC=O)c3C(=O)CC2N(C)C1. The molecule has 0 fully saturated rings. The first-order chi connectivity index (χ1) is 11.1. The van der Waals surface area contributed by atoms with Crippen molar-refractivity contribution >= 4 is 29.4 Å². The number of ether oxygens (including phenoxy) is 1. The first-order valence-corrected chi connectivity index (χ1v) is 7.43. The summed E-state index contributed by atoms with van der Waals surface area (Å²) in [6.45, 7) is 0.524. The van der Waals surface area contributed by atoms with E-state index in [0.29, 0.717) is 30.6 Å². The number of carbonyl (C=O) groups is 3. The van der Waals surface area contributed by atoms with E-state index >= 15 is 0 Å². The Labute approximate surface area is 134 Å². The molecule has 23 heavy (non-hydrogen) atoms. The van der Waals surface area contributed by atoms with E-state index in [1.807, 2.05) is 24.1 Å². The van der Waals surface area contributed by atoms with Crippen LogP contribution in [0.15, 0.2) is 24.3 Å². The zero-order valence-electron chi connectivity index (χ0n) is 13.0. The fourth-order valence-electron chi connectivity index (χ4n) is 3.44. The van der Waals surface area contributed by atoms with Crippen LogP contribution < -0.4 is 5.32 Å². The summed E-state index contributed by atoms with van der Waals surface area (Å²) in [5.41, 5.74) is 2.74. The van der Waals surface area contributed by atoms with Gasteiger partial charge in [0.2, 0.25) is 6.41 Å². The molecule has 1 aromatic rings. The number of hydrogen-bond donors (Lipinski definition) is 1. The third kappa shape index (κ3) is 2.55. The Morgan fingerprint density at radius 1 is 1.43 bits per heavy atom. The van der Waals surface area contributed by atoms with Gasteiger partial charge in [0.05, 0.1) is 18.7 Å². The molecule has 2 atom stereocenters. The lowest BCUT2D eigenvalue weighted by Crippen LogP contribution is -2.45. The van der Waals surface area contributed by atoms with E-state index in [2.05, 4.69) is 5.32 Å². The summed E-state index contributed by atoms with van der Waals surface area (Å²) in [5, 5.41) is 2.58. The van der Waals surface area contributed by atoms with Gasteiger partial charge in [-0.3, -0.25) is 19.3 Å². The maximum atomic E-state index is 12.6. The lowest BCUT2D eigenvalue weighted by molar-refractivity contribution is -0.144. The first kappa shape index (κ1) is 15.4. The highest BCUT2D eigenvalue weighted by Gasteiger charge is 2.38. The lowest BCUT2D eigenvalue weighted by atomic mass is 9.78. The Balaban J connectivity index is 2.13. The molecule has 1 heterocycles. The molecule has 1 amide bonds. The van der Waals surface area contributed by atoms with Crippen molar-refractivity contribution in [2.75, 3.05) is 26.0 Å². The summed E-state index contributed by atoms with van der Waals surface area (Å²) in [6.07, 6.45) is 2.79. The second-order valence-corrected chi connectivity index (χ2v) is 5.82. The molecule has 2 aliphatic rings. The van der Waals surface area contributed by atoms with Crippen LogP contribution in [0, 0.1) is 5.92 Å². The first-order valence-electron chi connectivity index (χ1n) is 7.43. The number of fused-ring (bicyclic) bond motifs is 3. The van der Waals surface area contributed by atoms with E-state index in [-0.39, 0.29) is 23.7 Å². The number of likely N-dealkylation sites (N-methyl/N-ethyl adjacent to an activating group) is 1. The van der Waals surface area contributed by atoms with Gasteiger partial charge in [0.1, 0.15) is 0 Å². The summed E-state index contributed by atoms with van der Waals surface area (Å²) >= 11 is 0. The fraction of sp³-hybridized carbons (Fsp3) is 0.353. The third-order valence-corrected chi connectivity index (χ3v) is 4.51. The van der Waals surface area contributed by atoms with Crippen molar-refractivity contribution in [1.29, 1.82) is 0 Å². The lowest BCUT2D eigenvalue weighted by Gasteiger charge is -2.39. The van der Waals surface area contributed by atoms with Gasteiger partial charge in [-0.15, -0.1) is 0 Å². The van der Waals surface area contributed by atoms with E-state index in [1.165, 1.54) is 7.11 Å². The van der Waals surface area contributed by atoms with E-state index in [0.717, 1.165) is 11.1 Å². The number of Topliss-reactive ketones (excluding diaryl/α,β-unsaturated/α-hetero) is 1. The molecule has 6 nitrogen and oxygen atoms in total. The molecule has 0 spiro atoms. The number of esters is 1. The Morgan fingerprint density at radius 3 is 2.91 bits per heavy atom. The molecular weight excluding hydrogens is 296 g/mol. The highest BCUT2D eigenvalue weighted by atomic mass is 16.5. The predicted molar refractivity (Wildman–Crippen MR) is 85.0 cm³/mol. The number of methoxy groups -OCH3 is 1. The van der Waals surface area contributed by atoms with Crippen LogP contribution in [0.5, 0.6) is 0 Å². The number of hydrogen-bond acceptors (Lipinski definition) is 5. The Bertz CT molecular complexity index is 711. The van der Waals surface area contributed by atoms with Gasteiger partial charge in [0, 0.05) is 24.6 Å². The van der Waals surface area contributed by atoms with Crippen LogP contribution in [0.4, 0.5) is 5.69 Å². The van der Waals surface area contributed by atoms with Crippen LogP contribution in [0.1, 0.15) is 22.3 Å². The minimum atomic E-state index is -0.361. The van der Waals surface area contributed by atoms with Crippen molar-refractivity contribution in [1.82, 2.24) is 4.90 Å². The maximum absolute atomic E-state index is 12.6. The van der Waals surface area contributed by atoms with Gasteiger partial charge in [-0.05, 0) is 24.3 Å². The highest BCUT2D eigenvalue weighted by Crippen LogP contribution is 2.40. The molecule has 1 N–H and O–H groups in total. The number of rotatable bonds is 3. The molecule has 0 aromatic heterocycles. The van der Waals surface area contributed by atoms with E-state index in [1.54, 1.807) is 12.1 Å². The van der Waals surface area contributed by atoms with Crippen molar-refractivity contribution in [3.8, 4) is 0 Å². The molecule has 0 saturated carbocycles. The van der Waals surface area contributed by atoms with Gasteiger partial charge >= 0.3 is 5.97 Å². The number of nitrogens with one attached hydrogen (secondary N) is 1. The van der Waals surface area contributed by atoms with Gasteiger partial charge in [-0.25, -0.2) is 0 Å². The van der Waals surface area contributed by atoms with E-state index in [4.69, 9.17) is 4.74 Å². The smallest absolute Gasteiger partial charge is 0.313 e. The number of nitrogens with zero attached hydrogens (tertiary/aromatic N) is 1. The molecule has 1 aromatic carbocycles. The molecule has 120 valence electrons. The quantitative estimate of drug-likeness (QED) is 0.673. The van der Waals surface area contributed by atoms with Crippen molar-refractivity contribution in [2.45, 2.75) is 12.5 Å². The zero-order valence-corrected chi connectivity index (χ0v) is 13.0. The fourth-order valence-corrected chi connectivity index (χ4v) is 3.44. The average Bonchev–Trinajstić information content (AvgIpc) is 2.55. The van der Waals surface area contributed by atoms with Crippen LogP contribution in [-0.4, -0.2) is 49.8 Å². The third-order valence-electron chi connectivity index (χ3n) is 4.51. The van der Waals surface area contributed by atoms with Crippen molar-refractivity contribution < 1.29 is 19.1 Å². The van der Waals surface area contributed by atoms with Crippen LogP contribution in [-0.2, 0) is 14.3 Å². The molecule has 0 bridgehead atoms. The molecule has 0 saturated heterocycles. The van der Waals surface area contributed by atoms with E-state index in [9.17, 15) is 14.4 Å². The summed E-state index contributed by atoms with van der Waals surface area (Å²) in [6, 6.07) is 5.30. The number of ketones is 1. The largest absolute Gasteiger partial charge is 0.469 e. The number of amides is 1. The minimum absolute atomic E-state index is 0.00420. The monoisotopic (exact) mass is 314 g/mol. The Hall–Kier alpha value is -2.47. The molecular formula is C17H18N2O4. The van der Waals surface area contributed by atoms with E-state index < -0.39 is 0 Å². The van der Waals surface area contributed by atoms with Crippen LogP contribution >= 0.6 is 0 Å². The van der Waals surface area contributed by atoms with Gasteiger partial charge in [-0.2, -0.15) is 0 Å². The summed E-state index contributed by atoms with van der Waals surface area (Å²) < 4.78 is 4.85. The summed E-state index contributed by atoms with van der Waals surface area (Å²) in [4.78, 5) is 37.3. The van der Waals surface area contributed by atoms with Gasteiger partial charge in [-0.1, -0.05) is 18.2 Å². The Kier molecular flexibility index (Phi) is 4.00. The minimum Gasteiger partial charge on any atom is -0.469 e. The van der Waals surface area contributed by atoms with Crippen molar-refractivity contribution in [3.63, 3.8) is 0 Å². The average molecular weight is 314 g/mol. The molecule has 1 aliphatic heterocycles. The van der Waals surface area contributed by atoms with Crippen LogP contribution in [0.25, 0.3) is 5.57 Å². The standard InChI is InChI=1S/C17H18N2O4/c1-19-8-10(17(22)23-2)6-12-11-4-3-5-13(18-9-20)16(11)15(21)7-14(12)19/h3-6,9-10,14H,7-8H2,1-2H3,(H,18,20). The molecule has 2 unspecified atom stereocenters. The molecule has 3 rings (SSSR count). The van der Waals surface area contributed by atoms with Crippen LogP contribution in [0.2, 0.25) is 0 Å².